The fourth-order valence-corrected chi connectivity index (χ4v) is 2.90. The van der Waals surface area contributed by atoms with Gasteiger partial charge >= 0.3 is 0 Å². The van der Waals surface area contributed by atoms with Crippen molar-refractivity contribution in [1.82, 2.24) is 19.3 Å². The zero-order valence-electron chi connectivity index (χ0n) is 13.3. The number of primary amides is 1. The first-order chi connectivity index (χ1) is 11.6. The molecular weight excluding hydrogens is 330 g/mol. The van der Waals surface area contributed by atoms with E-state index in [1.807, 2.05) is 6.92 Å². The van der Waals surface area contributed by atoms with E-state index in [0.29, 0.717) is 13.0 Å². The summed E-state index contributed by atoms with van der Waals surface area (Å²) in [5.74, 6) is -0.374. The van der Waals surface area contributed by atoms with E-state index in [9.17, 15) is 4.79 Å². The van der Waals surface area contributed by atoms with Gasteiger partial charge in [-0.1, -0.05) is 6.92 Å². The lowest BCUT2D eigenvalue weighted by Gasteiger charge is -2.24. The molecule has 3 heterocycles. The van der Waals surface area contributed by atoms with E-state index in [1.54, 1.807) is 17.1 Å². The fourth-order valence-electron chi connectivity index (χ4n) is 2.71. The van der Waals surface area contributed by atoms with Crippen LogP contribution in [0.3, 0.4) is 0 Å². The van der Waals surface area contributed by atoms with Crippen LogP contribution in [-0.2, 0) is 11.2 Å². The molecule has 1 amide bonds. The van der Waals surface area contributed by atoms with Gasteiger partial charge in [-0.05, 0) is 37.9 Å². The molecule has 2 aromatic heterocycles. The molecule has 1 aliphatic rings. The van der Waals surface area contributed by atoms with Crippen molar-refractivity contribution >= 4 is 23.3 Å². The third-order valence-electron chi connectivity index (χ3n) is 3.86. The Morgan fingerprint density at radius 2 is 2.38 bits per heavy atom. The first-order valence-electron chi connectivity index (χ1n) is 7.84. The minimum absolute atomic E-state index is 0.0588. The summed E-state index contributed by atoms with van der Waals surface area (Å²) in [6.45, 7) is 2.62. The normalized spacial score (nSPS) is 17.6. The number of carbonyl (C=O) groups excluding carboxylic acids is 1. The number of nitrogens with two attached hydrogens (primary N) is 1. The van der Waals surface area contributed by atoms with E-state index in [0.717, 1.165) is 25.0 Å². The van der Waals surface area contributed by atoms with Crippen LogP contribution < -0.4 is 10.5 Å². The van der Waals surface area contributed by atoms with E-state index in [2.05, 4.69) is 10.1 Å². The van der Waals surface area contributed by atoms with Gasteiger partial charge in [0.1, 0.15) is 6.33 Å². The summed E-state index contributed by atoms with van der Waals surface area (Å²) in [6.07, 6.45) is 8.05. The van der Waals surface area contributed by atoms with Crippen LogP contribution in [0.4, 0.5) is 0 Å². The van der Waals surface area contributed by atoms with Crippen molar-refractivity contribution in [2.24, 2.45) is 5.73 Å². The van der Waals surface area contributed by atoms with Crippen molar-refractivity contribution in [2.45, 2.75) is 38.8 Å². The zero-order chi connectivity index (χ0) is 17.1. The van der Waals surface area contributed by atoms with Gasteiger partial charge in [0.05, 0.1) is 5.69 Å². The lowest BCUT2D eigenvalue weighted by molar-refractivity contribution is -0.0412. The monoisotopic (exact) mass is 349 g/mol. The Morgan fingerprint density at radius 1 is 1.54 bits per heavy atom. The van der Waals surface area contributed by atoms with E-state index in [1.165, 1.54) is 10.9 Å². The SMILES string of the molecule is CCc1c(OC(=S)n2ccnc2)c(C(N)=O)nn1C1CCCCO1. The van der Waals surface area contributed by atoms with Gasteiger partial charge in [0.15, 0.2) is 17.7 Å². The molecule has 0 saturated carbocycles. The highest BCUT2D eigenvalue weighted by atomic mass is 32.1. The van der Waals surface area contributed by atoms with Crippen molar-refractivity contribution in [2.75, 3.05) is 6.61 Å². The van der Waals surface area contributed by atoms with Crippen LogP contribution in [0.25, 0.3) is 0 Å². The standard InChI is InChI=1S/C15H19N5O3S/c1-2-10-13(23-15(24)19-7-6-17-9-19)12(14(16)21)18-20(10)11-5-3-4-8-22-11/h6-7,9,11H,2-5,8H2,1H3,(H2,16,21). The number of nitrogens with zero attached hydrogens (tertiary/aromatic N) is 4. The van der Waals surface area contributed by atoms with E-state index in [-0.39, 0.29) is 22.8 Å². The van der Waals surface area contributed by atoms with Crippen molar-refractivity contribution in [1.29, 1.82) is 0 Å². The summed E-state index contributed by atoms with van der Waals surface area (Å²) < 4.78 is 14.8. The first-order valence-corrected chi connectivity index (χ1v) is 8.25. The molecule has 0 aliphatic carbocycles. The molecule has 2 aromatic rings. The number of hydrogen-bond donors (Lipinski definition) is 1. The number of rotatable bonds is 4. The molecular formula is C15H19N5O3S. The number of ether oxygens (including phenoxy) is 2. The summed E-state index contributed by atoms with van der Waals surface area (Å²) in [7, 11) is 0. The molecule has 8 nitrogen and oxygen atoms in total. The number of hydrogen-bond acceptors (Lipinski definition) is 6. The third-order valence-corrected chi connectivity index (χ3v) is 4.16. The number of imidazole rings is 1. The molecule has 2 N–H and O–H groups in total. The van der Waals surface area contributed by atoms with Gasteiger partial charge in [0.2, 0.25) is 0 Å². The third kappa shape index (κ3) is 3.17. The molecule has 0 aromatic carbocycles. The topological polar surface area (TPSA) is 97.2 Å². The minimum Gasteiger partial charge on any atom is -0.427 e. The zero-order valence-corrected chi connectivity index (χ0v) is 14.2. The second kappa shape index (κ2) is 7.10. The Labute approximate surface area is 144 Å². The van der Waals surface area contributed by atoms with Crippen molar-refractivity contribution in [3.05, 3.63) is 30.1 Å². The van der Waals surface area contributed by atoms with Crippen LogP contribution >= 0.6 is 12.2 Å². The van der Waals surface area contributed by atoms with Crippen LogP contribution in [-0.4, -0.2) is 37.0 Å². The maximum Gasteiger partial charge on any atom is 0.274 e. The largest absolute Gasteiger partial charge is 0.427 e. The molecule has 0 radical (unpaired) electrons. The van der Waals surface area contributed by atoms with Crippen LogP contribution in [0.1, 0.15) is 48.6 Å². The Bertz CT molecular complexity index is 735. The second-order valence-corrected chi connectivity index (χ2v) is 5.80. The highest BCUT2D eigenvalue weighted by Gasteiger charge is 2.28. The van der Waals surface area contributed by atoms with Gasteiger partial charge in [0, 0.05) is 19.0 Å². The average Bonchev–Trinajstić information content (AvgIpc) is 3.23. The lowest BCUT2D eigenvalue weighted by atomic mass is 10.2. The molecule has 1 unspecified atom stereocenters. The van der Waals surface area contributed by atoms with E-state index >= 15 is 0 Å². The Kier molecular flexibility index (Phi) is 4.91. The maximum absolute atomic E-state index is 11.8. The van der Waals surface area contributed by atoms with Crippen LogP contribution in [0, 0.1) is 0 Å². The quantitative estimate of drug-likeness (QED) is 0.843. The molecule has 3 rings (SSSR count). The number of aromatic nitrogens is 4. The molecule has 9 heteroatoms. The van der Waals surface area contributed by atoms with Gasteiger partial charge in [-0.2, -0.15) is 5.10 Å². The summed E-state index contributed by atoms with van der Waals surface area (Å²) in [5.41, 5.74) is 6.27. The van der Waals surface area contributed by atoms with Crippen molar-refractivity contribution in [3.63, 3.8) is 0 Å². The molecule has 0 bridgehead atoms. The molecule has 24 heavy (non-hydrogen) atoms. The average molecular weight is 349 g/mol. The van der Waals surface area contributed by atoms with Crippen LogP contribution in [0.5, 0.6) is 5.75 Å². The highest BCUT2D eigenvalue weighted by Crippen LogP contribution is 2.31. The van der Waals surface area contributed by atoms with Gasteiger partial charge in [-0.15, -0.1) is 0 Å². The van der Waals surface area contributed by atoms with Gasteiger partial charge in [-0.3, -0.25) is 9.36 Å². The van der Waals surface area contributed by atoms with Crippen LogP contribution in [0.15, 0.2) is 18.7 Å². The smallest absolute Gasteiger partial charge is 0.274 e. The molecule has 1 aliphatic heterocycles. The summed E-state index contributed by atoms with van der Waals surface area (Å²) in [5, 5.41) is 4.49. The molecule has 1 fully saturated rings. The number of thiocarbonyl (C=S) groups is 1. The van der Waals surface area contributed by atoms with Crippen molar-refractivity contribution < 1.29 is 14.3 Å². The predicted molar refractivity (Wildman–Crippen MR) is 89.8 cm³/mol. The second-order valence-electron chi connectivity index (χ2n) is 5.45. The van der Waals surface area contributed by atoms with Crippen LogP contribution in [0.2, 0.25) is 0 Å². The van der Waals surface area contributed by atoms with E-state index in [4.69, 9.17) is 27.4 Å². The van der Waals surface area contributed by atoms with Gasteiger partial charge in [0.25, 0.3) is 11.1 Å². The van der Waals surface area contributed by atoms with E-state index < -0.39 is 5.91 Å². The summed E-state index contributed by atoms with van der Waals surface area (Å²) in [4.78, 5) is 15.7. The number of carbonyl (C=O) groups is 1. The minimum atomic E-state index is -0.664. The molecule has 0 spiro atoms. The summed E-state index contributed by atoms with van der Waals surface area (Å²) in [6, 6.07) is 0. The lowest BCUT2D eigenvalue weighted by Crippen LogP contribution is -2.21. The van der Waals surface area contributed by atoms with Gasteiger partial charge < -0.3 is 15.2 Å². The number of amides is 1. The predicted octanol–water partition coefficient (Wildman–Crippen LogP) is 1.65. The maximum atomic E-state index is 11.8. The first kappa shape index (κ1) is 16.6. The van der Waals surface area contributed by atoms with Gasteiger partial charge in [-0.25, -0.2) is 9.67 Å². The summed E-state index contributed by atoms with van der Waals surface area (Å²) >= 11 is 5.26. The Morgan fingerprint density at radius 3 is 2.96 bits per heavy atom. The molecule has 128 valence electrons. The highest BCUT2D eigenvalue weighted by molar-refractivity contribution is 7.80. The Hall–Kier alpha value is -2.26. The molecule has 1 atom stereocenters. The molecule has 1 saturated heterocycles. The Balaban J connectivity index is 1.97. The van der Waals surface area contributed by atoms with Crippen molar-refractivity contribution in [3.8, 4) is 5.75 Å². The fraction of sp³-hybridized carbons (Fsp3) is 0.467.